The largest absolute Gasteiger partial charge is 0.479 e. The highest BCUT2D eigenvalue weighted by Gasteiger charge is 2.29. The fourth-order valence-electron chi connectivity index (χ4n) is 0.539. The van der Waals surface area contributed by atoms with E-state index in [9.17, 15) is 14.4 Å². The third-order valence-electron chi connectivity index (χ3n) is 1.36. The number of aliphatic hydroxyl groups excluding tert-OH is 2. The van der Waals surface area contributed by atoms with Gasteiger partial charge < -0.3 is 31.5 Å². The molecule has 0 fully saturated rings. The van der Waals surface area contributed by atoms with E-state index in [4.69, 9.17) is 26.2 Å². The van der Waals surface area contributed by atoms with E-state index in [1.807, 2.05) is 6.92 Å². The lowest BCUT2D eigenvalue weighted by Crippen LogP contribution is -2.39. The molecule has 0 rings (SSSR count). The number of carboxylic acid groups (broad SMARTS) is 2. The number of aliphatic hydroxyl groups is 2. The molecule has 17 heavy (non-hydrogen) atoms. The smallest absolute Gasteiger partial charge is 0.335 e. The van der Waals surface area contributed by atoms with Crippen molar-refractivity contribution < 1.29 is 34.8 Å². The van der Waals surface area contributed by atoms with Gasteiger partial charge in [-0.1, -0.05) is 0 Å². The number of nitrogens with two attached hydrogens (primary N) is 1. The number of carbonyl (C=O) groups excluding carboxylic acids is 1. The van der Waals surface area contributed by atoms with Crippen LogP contribution < -0.4 is 11.1 Å². The van der Waals surface area contributed by atoms with Crippen molar-refractivity contribution in [3.05, 3.63) is 0 Å². The number of rotatable bonds is 5. The Morgan fingerprint density at radius 2 is 1.47 bits per heavy atom. The summed E-state index contributed by atoms with van der Waals surface area (Å²) in [7, 11) is 0. The topological polar surface area (TPSA) is 170 Å². The fraction of sp³-hybridized carbons (Fsp3) is 0.625. The van der Waals surface area contributed by atoms with Crippen LogP contribution in [0, 0.1) is 0 Å². The van der Waals surface area contributed by atoms with Crippen molar-refractivity contribution in [3.63, 3.8) is 0 Å². The number of amides is 1. The maximum Gasteiger partial charge on any atom is 0.335 e. The summed E-state index contributed by atoms with van der Waals surface area (Å²) in [5.41, 5.74) is 4.95. The Labute approximate surface area is 96.9 Å². The van der Waals surface area contributed by atoms with Gasteiger partial charge in [0.25, 0.3) is 0 Å². The van der Waals surface area contributed by atoms with Crippen LogP contribution in [0.25, 0.3) is 0 Å². The summed E-state index contributed by atoms with van der Waals surface area (Å²) < 4.78 is 0. The average molecular weight is 252 g/mol. The predicted octanol–water partition coefficient (Wildman–Crippen LogP) is -3.04. The van der Waals surface area contributed by atoms with E-state index in [2.05, 4.69) is 5.32 Å². The van der Waals surface area contributed by atoms with Crippen LogP contribution in [0.2, 0.25) is 0 Å². The summed E-state index contributed by atoms with van der Waals surface area (Å²) in [5.74, 6) is -3.63. The summed E-state index contributed by atoms with van der Waals surface area (Å²) in [4.78, 5) is 29.7. The Bertz CT molecular complexity index is 251. The Morgan fingerprint density at radius 3 is 1.59 bits per heavy atom. The summed E-state index contributed by atoms with van der Waals surface area (Å²) >= 11 is 0. The molecular weight excluding hydrogens is 236 g/mol. The minimum Gasteiger partial charge on any atom is -0.479 e. The molecule has 0 aliphatic heterocycles. The summed E-state index contributed by atoms with van der Waals surface area (Å²) in [6.45, 7) is 2.61. The molecule has 100 valence electrons. The minimum atomic E-state index is -2.27. The molecule has 0 aromatic heterocycles. The van der Waals surface area contributed by atoms with Gasteiger partial charge in [0.15, 0.2) is 12.2 Å². The Kier molecular flexibility index (Phi) is 9.89. The van der Waals surface area contributed by atoms with Crippen molar-refractivity contribution in [2.24, 2.45) is 5.73 Å². The highest BCUT2D eigenvalue weighted by atomic mass is 16.4. The number of likely N-dealkylation sites (N-methyl/N-ethyl adjacent to an activating group) is 1. The van der Waals surface area contributed by atoms with E-state index < -0.39 is 24.1 Å². The number of hydrogen-bond donors (Lipinski definition) is 6. The second-order valence-corrected chi connectivity index (χ2v) is 2.72. The zero-order valence-corrected chi connectivity index (χ0v) is 9.16. The quantitative estimate of drug-likeness (QED) is 0.300. The number of nitrogens with one attached hydrogen (secondary N) is 1. The van der Waals surface area contributed by atoms with Gasteiger partial charge in [0.1, 0.15) is 0 Å². The van der Waals surface area contributed by atoms with Crippen molar-refractivity contribution in [1.82, 2.24) is 5.32 Å². The second kappa shape index (κ2) is 9.51. The summed E-state index contributed by atoms with van der Waals surface area (Å²) in [5, 5.41) is 35.1. The van der Waals surface area contributed by atoms with Crippen LogP contribution >= 0.6 is 0 Å². The second-order valence-electron chi connectivity index (χ2n) is 2.72. The van der Waals surface area contributed by atoms with Gasteiger partial charge in [-0.2, -0.15) is 0 Å². The molecule has 0 aliphatic rings. The number of carboxylic acids is 2. The lowest BCUT2D eigenvalue weighted by atomic mass is 10.2. The van der Waals surface area contributed by atoms with Gasteiger partial charge in [0.05, 0.1) is 6.54 Å². The number of aliphatic carboxylic acids is 2. The fourth-order valence-corrected chi connectivity index (χ4v) is 0.539. The first-order valence-electron chi connectivity index (χ1n) is 4.56. The third kappa shape index (κ3) is 9.23. The summed E-state index contributed by atoms with van der Waals surface area (Å²) in [6, 6.07) is 0. The maximum atomic E-state index is 10.2. The van der Waals surface area contributed by atoms with E-state index in [1.165, 1.54) is 0 Å². The molecule has 7 N–H and O–H groups in total. The first-order valence-corrected chi connectivity index (χ1v) is 4.56. The van der Waals surface area contributed by atoms with Crippen molar-refractivity contribution in [1.29, 1.82) is 0 Å². The van der Waals surface area contributed by atoms with Crippen LogP contribution in [-0.2, 0) is 14.4 Å². The molecule has 1 amide bonds. The van der Waals surface area contributed by atoms with Crippen LogP contribution in [0.15, 0.2) is 0 Å². The number of carbonyl (C=O) groups is 3. The van der Waals surface area contributed by atoms with Gasteiger partial charge in [-0.05, 0) is 6.92 Å². The molecule has 0 spiro atoms. The highest BCUT2D eigenvalue weighted by molar-refractivity contribution is 5.83. The Balaban J connectivity index is 0. The molecule has 2 unspecified atom stereocenters. The van der Waals surface area contributed by atoms with E-state index in [0.717, 1.165) is 0 Å². The van der Waals surface area contributed by atoms with Crippen LogP contribution in [0.1, 0.15) is 6.92 Å². The maximum absolute atomic E-state index is 10.2. The van der Waals surface area contributed by atoms with E-state index in [-0.39, 0.29) is 12.5 Å². The van der Waals surface area contributed by atoms with Crippen molar-refractivity contribution in [2.75, 3.05) is 13.1 Å². The SMILES string of the molecule is CCNC(=O)CN.O=C(O)C(O)C(O)C(=O)O. The summed E-state index contributed by atoms with van der Waals surface area (Å²) in [6.07, 6.45) is -4.53. The standard InChI is InChI=1S/C4H10N2O.C4H6O6/c1-2-6-4(7)3-5;5-1(3(7)8)2(6)4(9)10/h2-3,5H2,1H3,(H,6,7);1-2,5-6H,(H,7,8)(H,9,10). The van der Waals surface area contributed by atoms with Crippen LogP contribution in [-0.4, -0.2) is 63.6 Å². The van der Waals surface area contributed by atoms with E-state index in [0.29, 0.717) is 6.54 Å². The van der Waals surface area contributed by atoms with Gasteiger partial charge in [0.2, 0.25) is 5.91 Å². The molecular formula is C8H16N2O7. The normalized spacial score (nSPS) is 12.7. The molecule has 0 aromatic rings. The zero-order chi connectivity index (χ0) is 14.0. The van der Waals surface area contributed by atoms with Crippen LogP contribution in [0.3, 0.4) is 0 Å². The Hall–Kier alpha value is -1.71. The molecule has 9 nitrogen and oxygen atoms in total. The highest BCUT2D eigenvalue weighted by Crippen LogP contribution is 1.92. The van der Waals surface area contributed by atoms with E-state index in [1.54, 1.807) is 0 Å². The molecule has 0 aliphatic carbocycles. The van der Waals surface area contributed by atoms with Crippen molar-refractivity contribution in [2.45, 2.75) is 19.1 Å². The molecule has 0 radical (unpaired) electrons. The Morgan fingerprint density at radius 1 is 1.12 bits per heavy atom. The van der Waals surface area contributed by atoms with Crippen molar-refractivity contribution >= 4 is 17.8 Å². The van der Waals surface area contributed by atoms with E-state index >= 15 is 0 Å². The van der Waals surface area contributed by atoms with Gasteiger partial charge in [-0.25, -0.2) is 9.59 Å². The van der Waals surface area contributed by atoms with Gasteiger partial charge >= 0.3 is 11.9 Å². The predicted molar refractivity (Wildman–Crippen MR) is 55.0 cm³/mol. The molecule has 0 saturated heterocycles. The molecule has 0 heterocycles. The molecule has 0 saturated carbocycles. The van der Waals surface area contributed by atoms with Crippen LogP contribution in [0.4, 0.5) is 0 Å². The average Bonchev–Trinajstić information content (AvgIpc) is 2.27. The number of hydrogen-bond acceptors (Lipinski definition) is 6. The molecule has 0 bridgehead atoms. The first-order chi connectivity index (χ1) is 7.77. The monoisotopic (exact) mass is 252 g/mol. The lowest BCUT2D eigenvalue weighted by Gasteiger charge is -2.07. The van der Waals surface area contributed by atoms with Crippen molar-refractivity contribution in [3.8, 4) is 0 Å². The van der Waals surface area contributed by atoms with Gasteiger partial charge in [0, 0.05) is 6.54 Å². The van der Waals surface area contributed by atoms with Gasteiger partial charge in [-0.3, -0.25) is 4.79 Å². The zero-order valence-electron chi connectivity index (χ0n) is 9.16. The molecule has 2 atom stereocenters. The first kappa shape index (κ1) is 17.7. The minimum absolute atomic E-state index is 0.0911. The van der Waals surface area contributed by atoms with Crippen LogP contribution in [0.5, 0.6) is 0 Å². The third-order valence-corrected chi connectivity index (χ3v) is 1.36. The molecule has 9 heteroatoms. The van der Waals surface area contributed by atoms with Gasteiger partial charge in [-0.15, -0.1) is 0 Å². The molecule has 0 aromatic carbocycles. The lowest BCUT2D eigenvalue weighted by molar-refractivity contribution is -0.165.